The molecule has 2 aromatic rings. The summed E-state index contributed by atoms with van der Waals surface area (Å²) in [4.78, 5) is 25.0. The molecule has 0 aromatic heterocycles. The lowest BCUT2D eigenvalue weighted by Gasteiger charge is -2.20. The van der Waals surface area contributed by atoms with Gasteiger partial charge >= 0.3 is 0 Å². The van der Waals surface area contributed by atoms with Crippen molar-refractivity contribution < 1.29 is 9.59 Å². The van der Waals surface area contributed by atoms with Crippen LogP contribution in [0.1, 0.15) is 48.7 Å². The first-order chi connectivity index (χ1) is 14.0. The largest absolute Gasteiger partial charge is 0.361 e. The topological polar surface area (TPSA) is 82.3 Å². The molecule has 0 saturated carbocycles. The third kappa shape index (κ3) is 8.31. The highest BCUT2D eigenvalue weighted by molar-refractivity contribution is 7.80. The van der Waals surface area contributed by atoms with Crippen LogP contribution < -0.4 is 21.5 Å². The van der Waals surface area contributed by atoms with Gasteiger partial charge in [-0.15, -0.1) is 0 Å². The number of amides is 2. The van der Waals surface area contributed by atoms with Gasteiger partial charge in [0.1, 0.15) is 0 Å². The Morgan fingerprint density at radius 3 is 2.17 bits per heavy atom. The lowest BCUT2D eigenvalue weighted by atomic mass is 10.0. The van der Waals surface area contributed by atoms with Crippen LogP contribution in [0.15, 0.2) is 60.7 Å². The first-order valence-electron chi connectivity index (χ1n) is 9.69. The minimum Gasteiger partial charge on any atom is -0.361 e. The van der Waals surface area contributed by atoms with Crippen LogP contribution in [0.5, 0.6) is 0 Å². The summed E-state index contributed by atoms with van der Waals surface area (Å²) >= 11 is 5.16. The van der Waals surface area contributed by atoms with Crippen LogP contribution in [0.3, 0.4) is 0 Å². The van der Waals surface area contributed by atoms with Crippen molar-refractivity contribution in [2.75, 3.05) is 6.54 Å². The molecule has 29 heavy (non-hydrogen) atoms. The number of carbonyl (C=O) groups is 2. The second-order valence-corrected chi connectivity index (χ2v) is 7.53. The number of rotatable bonds is 8. The zero-order chi connectivity index (χ0) is 21.1. The van der Waals surface area contributed by atoms with Crippen molar-refractivity contribution in [3.63, 3.8) is 0 Å². The Kier molecular flexibility index (Phi) is 9.11. The summed E-state index contributed by atoms with van der Waals surface area (Å²) < 4.78 is 0. The second kappa shape index (κ2) is 11.8. The van der Waals surface area contributed by atoms with Gasteiger partial charge < -0.3 is 10.6 Å². The fourth-order valence-electron chi connectivity index (χ4n) is 2.65. The Balaban J connectivity index is 1.93. The summed E-state index contributed by atoms with van der Waals surface area (Å²) in [5.74, 6) is 0.0612. The van der Waals surface area contributed by atoms with E-state index in [2.05, 4.69) is 35.3 Å². The van der Waals surface area contributed by atoms with Crippen molar-refractivity contribution in [1.29, 1.82) is 0 Å². The van der Waals surface area contributed by atoms with E-state index < -0.39 is 6.04 Å². The molecule has 0 saturated heterocycles. The summed E-state index contributed by atoms with van der Waals surface area (Å²) in [6.07, 6.45) is 1.06. The molecule has 6 nitrogen and oxygen atoms in total. The molecular weight excluding hydrogens is 384 g/mol. The number of benzene rings is 2. The molecule has 0 bridgehead atoms. The Labute approximate surface area is 177 Å². The van der Waals surface area contributed by atoms with Gasteiger partial charge in [0, 0.05) is 12.1 Å². The van der Waals surface area contributed by atoms with E-state index in [0.717, 1.165) is 18.5 Å². The molecule has 154 valence electrons. The minimum atomic E-state index is -0.465. The van der Waals surface area contributed by atoms with Crippen molar-refractivity contribution in [3.05, 3.63) is 71.8 Å². The fraction of sp³-hybridized carbons (Fsp3) is 0.318. The van der Waals surface area contributed by atoms with Crippen molar-refractivity contribution in [3.8, 4) is 0 Å². The van der Waals surface area contributed by atoms with Gasteiger partial charge in [-0.25, -0.2) is 0 Å². The predicted molar refractivity (Wildman–Crippen MR) is 119 cm³/mol. The van der Waals surface area contributed by atoms with Crippen LogP contribution in [-0.4, -0.2) is 23.5 Å². The van der Waals surface area contributed by atoms with Gasteiger partial charge in [0.05, 0.1) is 12.5 Å². The highest BCUT2D eigenvalue weighted by atomic mass is 32.1. The van der Waals surface area contributed by atoms with Gasteiger partial charge in [0.25, 0.3) is 5.91 Å². The van der Waals surface area contributed by atoms with Gasteiger partial charge in [0.2, 0.25) is 5.91 Å². The summed E-state index contributed by atoms with van der Waals surface area (Å²) in [5, 5.41) is 6.35. The van der Waals surface area contributed by atoms with E-state index in [9.17, 15) is 9.59 Å². The molecule has 0 aliphatic carbocycles. The Morgan fingerprint density at radius 2 is 1.55 bits per heavy atom. The molecule has 2 rings (SSSR count). The van der Waals surface area contributed by atoms with E-state index in [-0.39, 0.29) is 18.2 Å². The number of nitrogens with one attached hydrogen (secondary N) is 4. The SMILES string of the molecule is CC(C)CCNC(=S)NNC(=O)C[C@H](NC(=O)c1ccccc1)c1ccccc1. The van der Waals surface area contributed by atoms with Gasteiger partial charge in [-0.2, -0.15) is 0 Å². The molecule has 0 spiro atoms. The molecule has 4 N–H and O–H groups in total. The Morgan fingerprint density at radius 1 is 0.931 bits per heavy atom. The molecule has 0 radical (unpaired) electrons. The maximum absolute atomic E-state index is 12.6. The lowest BCUT2D eigenvalue weighted by molar-refractivity contribution is -0.122. The van der Waals surface area contributed by atoms with Crippen LogP contribution >= 0.6 is 12.2 Å². The van der Waals surface area contributed by atoms with E-state index in [4.69, 9.17) is 12.2 Å². The number of carbonyl (C=O) groups excluding carboxylic acids is 2. The standard InChI is InChI=1S/C22H28N4O2S/c1-16(2)13-14-23-22(29)26-25-20(27)15-19(17-9-5-3-6-10-17)24-21(28)18-11-7-4-8-12-18/h3-12,16,19H,13-15H2,1-2H3,(H,24,28)(H,25,27)(H2,23,26,29)/t19-/m0/s1. The summed E-state index contributed by atoms with van der Waals surface area (Å²) in [6.45, 7) is 5.00. The first kappa shape index (κ1) is 22.4. The first-order valence-corrected chi connectivity index (χ1v) is 10.1. The number of thiocarbonyl (C=S) groups is 1. The quantitative estimate of drug-likeness (QED) is 0.396. The van der Waals surface area contributed by atoms with E-state index >= 15 is 0 Å². The normalized spacial score (nSPS) is 11.4. The van der Waals surface area contributed by atoms with Crippen LogP contribution in [0, 0.1) is 5.92 Å². The lowest BCUT2D eigenvalue weighted by Crippen LogP contribution is -2.48. The smallest absolute Gasteiger partial charge is 0.251 e. The minimum absolute atomic E-state index is 0.0736. The number of hydrogen-bond acceptors (Lipinski definition) is 3. The Bertz CT molecular complexity index is 797. The van der Waals surface area contributed by atoms with Crippen molar-refractivity contribution in [2.24, 2.45) is 5.92 Å². The number of hydrazine groups is 1. The molecule has 0 unspecified atom stereocenters. The molecule has 0 aliphatic heterocycles. The van der Waals surface area contributed by atoms with E-state index in [0.29, 0.717) is 16.6 Å². The zero-order valence-corrected chi connectivity index (χ0v) is 17.6. The summed E-state index contributed by atoms with van der Waals surface area (Å²) in [5.41, 5.74) is 6.69. The van der Waals surface area contributed by atoms with Gasteiger partial charge in [-0.1, -0.05) is 62.4 Å². The van der Waals surface area contributed by atoms with E-state index in [1.54, 1.807) is 24.3 Å². The Hall–Kier alpha value is -2.93. The average Bonchev–Trinajstić information content (AvgIpc) is 2.72. The monoisotopic (exact) mass is 412 g/mol. The molecule has 0 fully saturated rings. The highest BCUT2D eigenvalue weighted by Gasteiger charge is 2.19. The van der Waals surface area contributed by atoms with E-state index in [1.165, 1.54) is 0 Å². The zero-order valence-electron chi connectivity index (χ0n) is 16.8. The number of hydrogen-bond donors (Lipinski definition) is 4. The predicted octanol–water partition coefficient (Wildman–Crippen LogP) is 3.09. The molecule has 0 heterocycles. The molecule has 2 amide bonds. The molecule has 2 aromatic carbocycles. The fourth-order valence-corrected chi connectivity index (χ4v) is 2.80. The van der Waals surface area contributed by atoms with Crippen LogP contribution in [-0.2, 0) is 4.79 Å². The van der Waals surface area contributed by atoms with Crippen molar-refractivity contribution in [1.82, 2.24) is 21.5 Å². The van der Waals surface area contributed by atoms with Crippen LogP contribution in [0.25, 0.3) is 0 Å². The van der Waals surface area contributed by atoms with Crippen LogP contribution in [0.4, 0.5) is 0 Å². The molecule has 0 aliphatic rings. The second-order valence-electron chi connectivity index (χ2n) is 7.12. The molecular formula is C22H28N4O2S. The molecule has 1 atom stereocenters. The maximum atomic E-state index is 12.6. The van der Waals surface area contributed by atoms with Crippen molar-refractivity contribution >= 4 is 29.1 Å². The highest BCUT2D eigenvalue weighted by Crippen LogP contribution is 2.17. The maximum Gasteiger partial charge on any atom is 0.251 e. The average molecular weight is 413 g/mol. The van der Waals surface area contributed by atoms with Gasteiger partial charge in [-0.3, -0.25) is 20.4 Å². The third-order valence-electron chi connectivity index (χ3n) is 4.26. The van der Waals surface area contributed by atoms with Crippen LogP contribution in [0.2, 0.25) is 0 Å². The van der Waals surface area contributed by atoms with Gasteiger partial charge in [0.15, 0.2) is 5.11 Å². The molecule has 7 heteroatoms. The third-order valence-corrected chi connectivity index (χ3v) is 4.50. The van der Waals surface area contributed by atoms with Gasteiger partial charge in [-0.05, 0) is 42.3 Å². The van der Waals surface area contributed by atoms with E-state index in [1.807, 2.05) is 36.4 Å². The van der Waals surface area contributed by atoms with Crippen molar-refractivity contribution in [2.45, 2.75) is 32.7 Å². The summed E-state index contributed by atoms with van der Waals surface area (Å²) in [6, 6.07) is 17.9. The summed E-state index contributed by atoms with van der Waals surface area (Å²) in [7, 11) is 0.